The minimum absolute atomic E-state index is 0.232. The van der Waals surface area contributed by atoms with Crippen LogP contribution in [0.25, 0.3) is 0 Å². The summed E-state index contributed by atoms with van der Waals surface area (Å²) in [5, 5.41) is 0. The lowest BCUT2D eigenvalue weighted by Crippen LogP contribution is -2.37. The Kier molecular flexibility index (Phi) is 4.02. The molecule has 1 aliphatic rings. The number of ether oxygens (including phenoxy) is 1. The maximum absolute atomic E-state index is 5.99. The van der Waals surface area contributed by atoms with Gasteiger partial charge in [-0.25, -0.2) is 0 Å². The average Bonchev–Trinajstić information content (AvgIpc) is 1.97. The van der Waals surface area contributed by atoms with E-state index in [1.165, 1.54) is 19.3 Å². The highest BCUT2D eigenvalue weighted by atomic mass is 16.5. The molecule has 0 bridgehead atoms. The second kappa shape index (κ2) is 4.83. The van der Waals surface area contributed by atoms with Gasteiger partial charge in [0.25, 0.3) is 0 Å². The fraction of sp³-hybridized carbons (Fsp3) is 1.00. The van der Waals surface area contributed by atoms with Crippen LogP contribution in [0.15, 0.2) is 0 Å². The third-order valence-corrected chi connectivity index (χ3v) is 2.86. The van der Waals surface area contributed by atoms with Crippen LogP contribution in [0, 0.1) is 5.92 Å². The number of nitrogens with two attached hydrogens (primary N) is 1. The molecule has 0 spiro atoms. The predicted octanol–water partition coefficient (Wildman–Crippen LogP) is 1.93. The summed E-state index contributed by atoms with van der Waals surface area (Å²) in [4.78, 5) is 0. The van der Waals surface area contributed by atoms with Crippen molar-refractivity contribution in [2.75, 3.05) is 6.61 Å². The van der Waals surface area contributed by atoms with E-state index in [0.29, 0.717) is 0 Å². The molecular formula is C10H21NO. The normalized spacial score (nSPS) is 23.2. The van der Waals surface area contributed by atoms with Gasteiger partial charge in [0.05, 0.1) is 6.10 Å². The molecule has 0 aromatic heterocycles. The van der Waals surface area contributed by atoms with E-state index in [9.17, 15) is 0 Å². The molecule has 2 N–H and O–H groups in total. The first-order chi connectivity index (χ1) is 5.74. The van der Waals surface area contributed by atoms with Crippen molar-refractivity contribution < 1.29 is 4.74 Å². The van der Waals surface area contributed by atoms with Crippen molar-refractivity contribution in [1.29, 1.82) is 0 Å². The van der Waals surface area contributed by atoms with Gasteiger partial charge >= 0.3 is 0 Å². The van der Waals surface area contributed by atoms with E-state index in [1.807, 2.05) is 6.92 Å². The van der Waals surface area contributed by atoms with Crippen LogP contribution in [-0.4, -0.2) is 18.8 Å². The lowest BCUT2D eigenvalue weighted by Gasteiger charge is -2.30. The number of hydrogen-bond acceptors (Lipinski definition) is 2. The van der Waals surface area contributed by atoms with Gasteiger partial charge in [0.2, 0.25) is 0 Å². The van der Waals surface area contributed by atoms with Crippen molar-refractivity contribution in [2.45, 2.75) is 51.7 Å². The zero-order chi connectivity index (χ0) is 8.97. The monoisotopic (exact) mass is 171 g/mol. The molecule has 2 unspecified atom stereocenters. The SMILES string of the molecule is CCOC(C)C(N)CC1CCC1. The Bertz CT molecular complexity index is 123. The third-order valence-electron chi connectivity index (χ3n) is 2.86. The van der Waals surface area contributed by atoms with Crippen LogP contribution in [-0.2, 0) is 4.74 Å². The first-order valence-corrected chi connectivity index (χ1v) is 5.11. The average molecular weight is 171 g/mol. The molecule has 1 aliphatic carbocycles. The van der Waals surface area contributed by atoms with Crippen molar-refractivity contribution in [1.82, 2.24) is 0 Å². The van der Waals surface area contributed by atoms with Gasteiger partial charge in [0, 0.05) is 12.6 Å². The Labute approximate surface area is 75.5 Å². The van der Waals surface area contributed by atoms with Gasteiger partial charge in [-0.05, 0) is 26.2 Å². The summed E-state index contributed by atoms with van der Waals surface area (Å²) in [5.41, 5.74) is 5.99. The Morgan fingerprint density at radius 3 is 2.58 bits per heavy atom. The minimum atomic E-state index is 0.232. The van der Waals surface area contributed by atoms with Gasteiger partial charge in [-0.15, -0.1) is 0 Å². The van der Waals surface area contributed by atoms with Gasteiger partial charge < -0.3 is 10.5 Å². The molecule has 0 saturated heterocycles. The molecule has 0 aromatic carbocycles. The highest BCUT2D eigenvalue weighted by molar-refractivity contribution is 4.78. The summed E-state index contributed by atoms with van der Waals surface area (Å²) in [6, 6.07) is 0.246. The fourth-order valence-corrected chi connectivity index (χ4v) is 1.69. The van der Waals surface area contributed by atoms with E-state index in [4.69, 9.17) is 10.5 Å². The van der Waals surface area contributed by atoms with E-state index in [0.717, 1.165) is 18.9 Å². The second-order valence-corrected chi connectivity index (χ2v) is 3.86. The van der Waals surface area contributed by atoms with Crippen molar-refractivity contribution in [2.24, 2.45) is 11.7 Å². The number of rotatable bonds is 5. The van der Waals surface area contributed by atoms with Gasteiger partial charge in [0.1, 0.15) is 0 Å². The predicted molar refractivity (Wildman–Crippen MR) is 51.0 cm³/mol. The maximum Gasteiger partial charge on any atom is 0.0697 e. The summed E-state index contributed by atoms with van der Waals surface area (Å²) in [7, 11) is 0. The molecule has 0 radical (unpaired) electrons. The molecule has 12 heavy (non-hydrogen) atoms. The second-order valence-electron chi connectivity index (χ2n) is 3.86. The Morgan fingerprint density at radius 2 is 2.17 bits per heavy atom. The van der Waals surface area contributed by atoms with Gasteiger partial charge in [0.15, 0.2) is 0 Å². The zero-order valence-corrected chi connectivity index (χ0v) is 8.25. The largest absolute Gasteiger partial charge is 0.377 e. The van der Waals surface area contributed by atoms with Crippen LogP contribution in [0.3, 0.4) is 0 Å². The van der Waals surface area contributed by atoms with E-state index in [-0.39, 0.29) is 12.1 Å². The fourth-order valence-electron chi connectivity index (χ4n) is 1.69. The summed E-state index contributed by atoms with van der Waals surface area (Å²) < 4.78 is 5.45. The molecule has 2 heteroatoms. The summed E-state index contributed by atoms with van der Waals surface area (Å²) in [6.45, 7) is 4.87. The lowest BCUT2D eigenvalue weighted by molar-refractivity contribution is 0.0472. The van der Waals surface area contributed by atoms with Gasteiger partial charge in [-0.2, -0.15) is 0 Å². The zero-order valence-electron chi connectivity index (χ0n) is 8.25. The molecule has 1 fully saturated rings. The molecule has 2 nitrogen and oxygen atoms in total. The van der Waals surface area contributed by atoms with E-state index < -0.39 is 0 Å². The highest BCUT2D eigenvalue weighted by Gasteiger charge is 2.23. The van der Waals surface area contributed by atoms with Crippen LogP contribution in [0.1, 0.15) is 39.5 Å². The molecular weight excluding hydrogens is 150 g/mol. The highest BCUT2D eigenvalue weighted by Crippen LogP contribution is 2.30. The first kappa shape index (κ1) is 10.0. The van der Waals surface area contributed by atoms with E-state index in [1.54, 1.807) is 0 Å². The summed E-state index contributed by atoms with van der Waals surface area (Å²) >= 11 is 0. The van der Waals surface area contributed by atoms with Crippen molar-refractivity contribution in [3.8, 4) is 0 Å². The number of hydrogen-bond donors (Lipinski definition) is 1. The molecule has 0 heterocycles. The van der Waals surface area contributed by atoms with Crippen molar-refractivity contribution in [3.63, 3.8) is 0 Å². The minimum Gasteiger partial charge on any atom is -0.377 e. The molecule has 0 amide bonds. The molecule has 0 aliphatic heterocycles. The summed E-state index contributed by atoms with van der Waals surface area (Å²) in [5.74, 6) is 0.892. The van der Waals surface area contributed by atoms with Crippen molar-refractivity contribution >= 4 is 0 Å². The van der Waals surface area contributed by atoms with Crippen LogP contribution >= 0.6 is 0 Å². The van der Waals surface area contributed by atoms with E-state index in [2.05, 4.69) is 6.92 Å². The lowest BCUT2D eigenvalue weighted by atomic mass is 9.80. The summed E-state index contributed by atoms with van der Waals surface area (Å²) in [6.07, 6.45) is 5.55. The molecule has 1 saturated carbocycles. The standard InChI is InChI=1S/C10H21NO/c1-3-12-8(2)10(11)7-9-5-4-6-9/h8-10H,3-7,11H2,1-2H3. The first-order valence-electron chi connectivity index (χ1n) is 5.11. The van der Waals surface area contributed by atoms with E-state index >= 15 is 0 Å². The molecule has 72 valence electrons. The Hall–Kier alpha value is -0.0800. The van der Waals surface area contributed by atoms with Crippen molar-refractivity contribution in [3.05, 3.63) is 0 Å². The topological polar surface area (TPSA) is 35.2 Å². The Balaban J connectivity index is 2.12. The Morgan fingerprint density at radius 1 is 1.50 bits per heavy atom. The molecule has 1 rings (SSSR count). The van der Waals surface area contributed by atoms with Crippen LogP contribution < -0.4 is 5.73 Å². The third kappa shape index (κ3) is 2.76. The quantitative estimate of drug-likeness (QED) is 0.686. The smallest absolute Gasteiger partial charge is 0.0697 e. The molecule has 0 aromatic rings. The van der Waals surface area contributed by atoms with Gasteiger partial charge in [-0.3, -0.25) is 0 Å². The van der Waals surface area contributed by atoms with Crippen LogP contribution in [0.2, 0.25) is 0 Å². The van der Waals surface area contributed by atoms with Crippen LogP contribution in [0.4, 0.5) is 0 Å². The van der Waals surface area contributed by atoms with Crippen LogP contribution in [0.5, 0.6) is 0 Å². The van der Waals surface area contributed by atoms with Gasteiger partial charge in [-0.1, -0.05) is 19.3 Å². The molecule has 2 atom stereocenters. The maximum atomic E-state index is 5.99.